The van der Waals surface area contributed by atoms with Gasteiger partial charge in [-0.15, -0.1) is 0 Å². The number of carbonyl (C=O) groups is 1. The predicted octanol–water partition coefficient (Wildman–Crippen LogP) is 3.74. The molecule has 0 fully saturated rings. The third-order valence-corrected chi connectivity index (χ3v) is 6.62. The van der Waals surface area contributed by atoms with E-state index >= 15 is 0 Å². The van der Waals surface area contributed by atoms with Gasteiger partial charge in [0.05, 0.1) is 16.3 Å². The zero-order valence-electron chi connectivity index (χ0n) is 18.1. The Balaban J connectivity index is 1.89. The van der Waals surface area contributed by atoms with E-state index in [4.69, 9.17) is 0 Å². The molecule has 2 N–H and O–H groups in total. The normalized spacial score (nSPS) is 11.8. The lowest BCUT2D eigenvalue weighted by Gasteiger charge is -2.24. The molecule has 3 aromatic rings. The van der Waals surface area contributed by atoms with Gasteiger partial charge in [0.25, 0.3) is 15.9 Å². The Morgan fingerprint density at radius 3 is 2.31 bits per heavy atom. The second-order valence-electron chi connectivity index (χ2n) is 7.41. The number of hydrogen-bond donors (Lipinski definition) is 2. The van der Waals surface area contributed by atoms with Crippen molar-refractivity contribution in [2.75, 3.05) is 10.8 Å². The standard InChI is InChI=1S/C24H25N3O4S/c1-17-11-13-21(14-12-17)32(30,31)27(20-8-6-7-18(2)15-20)16-24(29)26-25-19(3)22-9-4-5-10-23(22)28/h4-15,28H,16H2,1-3H3,(H,26,29)/b25-19-. The summed E-state index contributed by atoms with van der Waals surface area (Å²) in [6.07, 6.45) is 0. The van der Waals surface area contributed by atoms with Gasteiger partial charge >= 0.3 is 0 Å². The van der Waals surface area contributed by atoms with Crippen LogP contribution in [-0.4, -0.2) is 31.7 Å². The first-order chi connectivity index (χ1) is 15.2. The highest BCUT2D eigenvalue weighted by Gasteiger charge is 2.27. The molecule has 0 atom stereocenters. The maximum Gasteiger partial charge on any atom is 0.264 e. The van der Waals surface area contributed by atoms with Crippen LogP contribution in [0.15, 0.2) is 82.8 Å². The van der Waals surface area contributed by atoms with Crippen LogP contribution < -0.4 is 9.73 Å². The Morgan fingerprint density at radius 1 is 0.969 bits per heavy atom. The molecule has 0 aliphatic carbocycles. The van der Waals surface area contributed by atoms with Crippen LogP contribution in [0.5, 0.6) is 5.75 Å². The lowest BCUT2D eigenvalue weighted by molar-refractivity contribution is -0.119. The van der Waals surface area contributed by atoms with Gasteiger partial charge in [-0.1, -0.05) is 42.0 Å². The summed E-state index contributed by atoms with van der Waals surface area (Å²) >= 11 is 0. The molecule has 0 radical (unpaired) electrons. The van der Waals surface area contributed by atoms with Crippen molar-refractivity contribution in [2.45, 2.75) is 25.7 Å². The minimum absolute atomic E-state index is 0.0336. The third-order valence-electron chi connectivity index (χ3n) is 4.83. The molecule has 0 aromatic heterocycles. The minimum atomic E-state index is -4.00. The van der Waals surface area contributed by atoms with Crippen molar-refractivity contribution in [1.82, 2.24) is 5.43 Å². The van der Waals surface area contributed by atoms with Crippen LogP contribution in [0.4, 0.5) is 5.69 Å². The second kappa shape index (κ2) is 9.65. The van der Waals surface area contributed by atoms with Crippen molar-refractivity contribution in [2.24, 2.45) is 5.10 Å². The van der Waals surface area contributed by atoms with Crippen molar-refractivity contribution in [3.05, 3.63) is 89.5 Å². The molecule has 1 amide bonds. The molecule has 166 valence electrons. The summed E-state index contributed by atoms with van der Waals surface area (Å²) in [5.74, 6) is -0.580. The lowest BCUT2D eigenvalue weighted by Crippen LogP contribution is -2.39. The van der Waals surface area contributed by atoms with Crippen LogP contribution in [0.2, 0.25) is 0 Å². The third kappa shape index (κ3) is 5.33. The van der Waals surface area contributed by atoms with Gasteiger partial charge in [-0.05, 0) is 62.7 Å². The Morgan fingerprint density at radius 2 is 1.66 bits per heavy atom. The summed E-state index contributed by atoms with van der Waals surface area (Å²) in [6, 6.07) is 20.0. The van der Waals surface area contributed by atoms with Gasteiger partial charge in [0.1, 0.15) is 12.3 Å². The zero-order chi connectivity index (χ0) is 23.3. The Labute approximate surface area is 188 Å². The number of amides is 1. The number of phenols is 1. The average Bonchev–Trinajstić information content (AvgIpc) is 2.76. The number of carbonyl (C=O) groups excluding carboxylic acids is 1. The number of hydrazone groups is 1. The van der Waals surface area contributed by atoms with Crippen molar-refractivity contribution < 1.29 is 18.3 Å². The van der Waals surface area contributed by atoms with Crippen molar-refractivity contribution >= 4 is 27.3 Å². The number of anilines is 1. The Kier molecular flexibility index (Phi) is 6.95. The molecule has 0 bridgehead atoms. The van der Waals surface area contributed by atoms with E-state index in [0.29, 0.717) is 17.0 Å². The first-order valence-corrected chi connectivity index (χ1v) is 11.4. The highest BCUT2D eigenvalue weighted by Crippen LogP contribution is 2.24. The summed E-state index contributed by atoms with van der Waals surface area (Å²) in [5, 5.41) is 14.0. The highest BCUT2D eigenvalue weighted by molar-refractivity contribution is 7.92. The summed E-state index contributed by atoms with van der Waals surface area (Å²) in [7, 11) is -4.00. The van der Waals surface area contributed by atoms with E-state index in [-0.39, 0.29) is 10.6 Å². The number of aromatic hydroxyl groups is 1. The Bertz CT molecular complexity index is 1250. The first-order valence-electron chi connectivity index (χ1n) is 9.96. The lowest BCUT2D eigenvalue weighted by atomic mass is 10.1. The fourth-order valence-corrected chi connectivity index (χ4v) is 4.50. The first kappa shape index (κ1) is 23.0. The van der Waals surface area contributed by atoms with Gasteiger partial charge in [-0.3, -0.25) is 9.10 Å². The molecule has 7 nitrogen and oxygen atoms in total. The zero-order valence-corrected chi connectivity index (χ0v) is 18.9. The van der Waals surface area contributed by atoms with Crippen molar-refractivity contribution in [1.29, 1.82) is 0 Å². The number of sulfonamides is 1. The van der Waals surface area contributed by atoms with Gasteiger partial charge < -0.3 is 5.11 Å². The maximum absolute atomic E-state index is 13.4. The number of nitrogens with one attached hydrogen (secondary N) is 1. The SMILES string of the molecule is C/C(=N/NC(=O)CN(c1cccc(C)c1)S(=O)(=O)c1ccc(C)cc1)c1ccccc1O. The molecule has 3 rings (SSSR count). The van der Waals surface area contributed by atoms with E-state index in [2.05, 4.69) is 10.5 Å². The van der Waals surface area contributed by atoms with E-state index in [1.54, 1.807) is 55.5 Å². The van der Waals surface area contributed by atoms with Gasteiger partial charge in [0.15, 0.2) is 0 Å². The molecule has 8 heteroatoms. The number of rotatable bonds is 7. The van der Waals surface area contributed by atoms with Gasteiger partial charge in [0.2, 0.25) is 0 Å². The molecule has 3 aromatic carbocycles. The van der Waals surface area contributed by atoms with Crippen LogP contribution in [0.3, 0.4) is 0 Å². The van der Waals surface area contributed by atoms with E-state index in [1.807, 2.05) is 19.9 Å². The van der Waals surface area contributed by atoms with E-state index in [0.717, 1.165) is 15.4 Å². The van der Waals surface area contributed by atoms with Crippen LogP contribution in [-0.2, 0) is 14.8 Å². The number of para-hydroxylation sites is 1. The number of hydrogen-bond acceptors (Lipinski definition) is 5. The Hall–Kier alpha value is -3.65. The quantitative estimate of drug-likeness (QED) is 0.422. The number of benzene rings is 3. The van der Waals surface area contributed by atoms with Crippen LogP contribution in [0.1, 0.15) is 23.6 Å². The predicted molar refractivity (Wildman–Crippen MR) is 125 cm³/mol. The summed E-state index contributed by atoms with van der Waals surface area (Å²) in [6.45, 7) is 4.89. The molecular weight excluding hydrogens is 426 g/mol. The molecule has 0 aliphatic heterocycles. The van der Waals surface area contributed by atoms with Gasteiger partial charge in [-0.2, -0.15) is 5.10 Å². The molecular formula is C24H25N3O4S. The smallest absolute Gasteiger partial charge is 0.264 e. The van der Waals surface area contributed by atoms with Crippen LogP contribution in [0, 0.1) is 13.8 Å². The minimum Gasteiger partial charge on any atom is -0.507 e. The molecule has 0 heterocycles. The summed E-state index contributed by atoms with van der Waals surface area (Å²) in [4.78, 5) is 12.8. The van der Waals surface area contributed by atoms with Crippen LogP contribution in [0.25, 0.3) is 0 Å². The maximum atomic E-state index is 13.4. The molecule has 0 saturated carbocycles. The number of phenolic OH excluding ortho intramolecular Hbond substituents is 1. The summed E-state index contributed by atoms with van der Waals surface area (Å²) < 4.78 is 27.8. The van der Waals surface area contributed by atoms with Gasteiger partial charge in [-0.25, -0.2) is 13.8 Å². The fraction of sp³-hybridized carbons (Fsp3) is 0.167. The number of nitrogens with zero attached hydrogens (tertiary/aromatic N) is 2. The molecule has 0 saturated heterocycles. The molecule has 32 heavy (non-hydrogen) atoms. The monoisotopic (exact) mass is 451 g/mol. The number of aryl methyl sites for hydroxylation is 2. The second-order valence-corrected chi connectivity index (χ2v) is 9.28. The van der Waals surface area contributed by atoms with E-state index in [1.165, 1.54) is 18.2 Å². The topological polar surface area (TPSA) is 99.1 Å². The molecule has 0 spiro atoms. The van der Waals surface area contributed by atoms with Gasteiger partial charge in [0, 0.05) is 5.56 Å². The highest BCUT2D eigenvalue weighted by atomic mass is 32.2. The van der Waals surface area contributed by atoms with E-state index < -0.39 is 22.5 Å². The van der Waals surface area contributed by atoms with Crippen molar-refractivity contribution in [3.8, 4) is 5.75 Å². The van der Waals surface area contributed by atoms with E-state index in [9.17, 15) is 18.3 Å². The fourth-order valence-electron chi connectivity index (χ4n) is 3.09. The largest absolute Gasteiger partial charge is 0.507 e. The molecule has 0 aliphatic rings. The summed E-state index contributed by atoms with van der Waals surface area (Å²) in [5.41, 5.74) is 5.41. The van der Waals surface area contributed by atoms with Crippen molar-refractivity contribution in [3.63, 3.8) is 0 Å². The average molecular weight is 452 g/mol. The molecule has 0 unspecified atom stereocenters. The van der Waals surface area contributed by atoms with Crippen LogP contribution >= 0.6 is 0 Å².